The summed E-state index contributed by atoms with van der Waals surface area (Å²) >= 11 is 1.78. The molecular formula is C19H23N3O2S. The van der Waals surface area contributed by atoms with Crippen molar-refractivity contribution in [2.75, 3.05) is 19.6 Å². The number of carbonyl (C=O) groups is 2. The number of amides is 2. The van der Waals surface area contributed by atoms with Crippen LogP contribution in [0.4, 0.5) is 0 Å². The topological polar surface area (TPSA) is 62.3 Å². The van der Waals surface area contributed by atoms with Gasteiger partial charge in [-0.25, -0.2) is 0 Å². The van der Waals surface area contributed by atoms with E-state index < -0.39 is 0 Å². The molecule has 1 aliphatic rings. The molecule has 0 aliphatic carbocycles. The number of aromatic nitrogens is 1. The monoisotopic (exact) mass is 357 g/mol. The Kier molecular flexibility index (Phi) is 5.81. The first-order chi connectivity index (χ1) is 12.1. The summed E-state index contributed by atoms with van der Waals surface area (Å²) in [7, 11) is 0. The largest absolute Gasteiger partial charge is 0.355 e. The fourth-order valence-electron chi connectivity index (χ4n) is 3.07. The summed E-state index contributed by atoms with van der Waals surface area (Å²) in [6.07, 6.45) is 3.93. The Balaban J connectivity index is 1.42. The van der Waals surface area contributed by atoms with E-state index in [1.165, 1.54) is 9.75 Å². The lowest BCUT2D eigenvalue weighted by Crippen LogP contribution is -2.43. The van der Waals surface area contributed by atoms with E-state index in [1.807, 2.05) is 6.07 Å². The molecule has 1 saturated heterocycles. The molecule has 132 valence electrons. The normalized spacial score (nSPS) is 15.2. The van der Waals surface area contributed by atoms with Crippen molar-refractivity contribution in [3.8, 4) is 0 Å². The van der Waals surface area contributed by atoms with Gasteiger partial charge in [0.2, 0.25) is 5.91 Å². The number of aryl methyl sites for hydroxylation is 1. The van der Waals surface area contributed by atoms with Gasteiger partial charge in [-0.1, -0.05) is 6.07 Å². The van der Waals surface area contributed by atoms with Crippen LogP contribution in [0.3, 0.4) is 0 Å². The highest BCUT2D eigenvalue weighted by atomic mass is 32.1. The van der Waals surface area contributed by atoms with Gasteiger partial charge in [-0.2, -0.15) is 0 Å². The highest BCUT2D eigenvalue weighted by Crippen LogP contribution is 2.19. The van der Waals surface area contributed by atoms with Crippen LogP contribution in [-0.4, -0.2) is 41.3 Å². The second kappa shape index (κ2) is 8.25. The maximum absolute atomic E-state index is 12.4. The Morgan fingerprint density at radius 1 is 1.24 bits per heavy atom. The zero-order valence-corrected chi connectivity index (χ0v) is 15.2. The first-order valence-electron chi connectivity index (χ1n) is 8.67. The van der Waals surface area contributed by atoms with E-state index in [0.29, 0.717) is 38.2 Å². The van der Waals surface area contributed by atoms with Crippen LogP contribution < -0.4 is 5.32 Å². The van der Waals surface area contributed by atoms with E-state index in [4.69, 9.17) is 0 Å². The van der Waals surface area contributed by atoms with Crippen molar-refractivity contribution < 1.29 is 9.59 Å². The first kappa shape index (κ1) is 17.6. The second-order valence-electron chi connectivity index (χ2n) is 6.33. The number of hydrogen-bond acceptors (Lipinski definition) is 4. The molecule has 1 aliphatic heterocycles. The molecule has 2 aromatic rings. The SMILES string of the molecule is Cc1ccc(CCNC(=O)C2CCN(C(=O)c3ccccn3)CC2)s1. The quantitative estimate of drug-likeness (QED) is 0.895. The van der Waals surface area contributed by atoms with E-state index >= 15 is 0 Å². The minimum atomic E-state index is -0.0486. The maximum Gasteiger partial charge on any atom is 0.272 e. The summed E-state index contributed by atoms with van der Waals surface area (Å²) in [4.78, 5) is 33.2. The average molecular weight is 357 g/mol. The molecule has 25 heavy (non-hydrogen) atoms. The first-order valence-corrected chi connectivity index (χ1v) is 9.48. The van der Waals surface area contributed by atoms with Crippen LogP contribution in [0.5, 0.6) is 0 Å². The molecule has 2 amide bonds. The Morgan fingerprint density at radius 2 is 2.04 bits per heavy atom. The van der Waals surface area contributed by atoms with Crippen molar-refractivity contribution in [3.63, 3.8) is 0 Å². The van der Waals surface area contributed by atoms with E-state index in [9.17, 15) is 9.59 Å². The van der Waals surface area contributed by atoms with E-state index in [1.54, 1.807) is 34.6 Å². The standard InChI is InChI=1S/C19H23N3O2S/c1-14-5-6-16(25-14)7-11-21-18(23)15-8-12-22(13-9-15)19(24)17-4-2-3-10-20-17/h2-6,10,15H,7-9,11-13H2,1H3,(H,21,23). The van der Waals surface area contributed by atoms with Gasteiger partial charge in [0.15, 0.2) is 0 Å². The van der Waals surface area contributed by atoms with Gasteiger partial charge >= 0.3 is 0 Å². The molecule has 5 nitrogen and oxygen atoms in total. The Bertz CT molecular complexity index is 721. The average Bonchev–Trinajstić information content (AvgIpc) is 3.07. The summed E-state index contributed by atoms with van der Waals surface area (Å²) in [6, 6.07) is 9.57. The van der Waals surface area contributed by atoms with Gasteiger partial charge in [0.25, 0.3) is 5.91 Å². The van der Waals surface area contributed by atoms with Crippen molar-refractivity contribution in [1.82, 2.24) is 15.2 Å². The lowest BCUT2D eigenvalue weighted by Gasteiger charge is -2.31. The summed E-state index contributed by atoms with van der Waals surface area (Å²) in [5, 5.41) is 3.04. The lowest BCUT2D eigenvalue weighted by molar-refractivity contribution is -0.126. The zero-order valence-electron chi connectivity index (χ0n) is 14.4. The van der Waals surface area contributed by atoms with Gasteiger partial charge in [0.1, 0.15) is 5.69 Å². The molecule has 1 N–H and O–H groups in total. The molecule has 0 spiro atoms. The molecule has 0 unspecified atom stereocenters. The van der Waals surface area contributed by atoms with E-state index in [0.717, 1.165) is 6.42 Å². The number of nitrogens with zero attached hydrogens (tertiary/aromatic N) is 2. The van der Waals surface area contributed by atoms with E-state index in [-0.39, 0.29) is 17.7 Å². The molecule has 0 radical (unpaired) electrons. The molecule has 1 fully saturated rings. The number of hydrogen-bond donors (Lipinski definition) is 1. The van der Waals surface area contributed by atoms with Crippen LogP contribution in [-0.2, 0) is 11.2 Å². The van der Waals surface area contributed by atoms with Crippen molar-refractivity contribution in [2.45, 2.75) is 26.2 Å². The molecule has 2 aromatic heterocycles. The minimum absolute atomic E-state index is 0.00199. The van der Waals surface area contributed by atoms with Crippen molar-refractivity contribution >= 4 is 23.2 Å². The zero-order chi connectivity index (χ0) is 17.6. The Hall–Kier alpha value is -2.21. The highest BCUT2D eigenvalue weighted by molar-refractivity contribution is 7.11. The molecule has 0 saturated carbocycles. The fourth-order valence-corrected chi connectivity index (χ4v) is 3.96. The molecule has 3 rings (SSSR count). The van der Waals surface area contributed by atoms with Crippen LogP contribution in [0.15, 0.2) is 36.5 Å². The lowest BCUT2D eigenvalue weighted by atomic mass is 9.95. The van der Waals surface area contributed by atoms with Crippen LogP contribution >= 0.6 is 11.3 Å². The van der Waals surface area contributed by atoms with Gasteiger partial charge in [0.05, 0.1) is 0 Å². The van der Waals surface area contributed by atoms with Crippen molar-refractivity contribution in [2.24, 2.45) is 5.92 Å². The number of rotatable bonds is 5. The molecule has 0 atom stereocenters. The van der Waals surface area contributed by atoms with Crippen molar-refractivity contribution in [3.05, 3.63) is 52.0 Å². The molecule has 6 heteroatoms. The molecule has 0 aromatic carbocycles. The minimum Gasteiger partial charge on any atom is -0.355 e. The van der Waals surface area contributed by atoms with Gasteiger partial charge in [-0.15, -0.1) is 11.3 Å². The Labute approximate surface area is 152 Å². The third kappa shape index (κ3) is 4.66. The molecule has 3 heterocycles. The van der Waals surface area contributed by atoms with Crippen LogP contribution in [0.2, 0.25) is 0 Å². The highest BCUT2D eigenvalue weighted by Gasteiger charge is 2.27. The molecular weight excluding hydrogens is 334 g/mol. The number of nitrogens with one attached hydrogen (secondary N) is 1. The maximum atomic E-state index is 12.4. The number of piperidine rings is 1. The van der Waals surface area contributed by atoms with Gasteiger partial charge in [-0.3, -0.25) is 14.6 Å². The predicted octanol–water partition coefficient (Wildman–Crippen LogP) is 2.66. The van der Waals surface area contributed by atoms with Crippen LogP contribution in [0.25, 0.3) is 0 Å². The molecule has 0 bridgehead atoms. The number of thiophene rings is 1. The van der Waals surface area contributed by atoms with Gasteiger partial charge in [0, 0.05) is 41.5 Å². The smallest absolute Gasteiger partial charge is 0.272 e. The summed E-state index contributed by atoms with van der Waals surface area (Å²) in [6.45, 7) is 3.98. The summed E-state index contributed by atoms with van der Waals surface area (Å²) in [5.41, 5.74) is 0.469. The third-order valence-corrected chi connectivity index (χ3v) is 5.56. The fraction of sp³-hybridized carbons (Fsp3) is 0.421. The van der Waals surface area contributed by atoms with Crippen LogP contribution in [0.1, 0.15) is 33.1 Å². The Morgan fingerprint density at radius 3 is 2.68 bits per heavy atom. The van der Waals surface area contributed by atoms with Gasteiger partial charge in [-0.05, 0) is 50.5 Å². The van der Waals surface area contributed by atoms with Crippen molar-refractivity contribution in [1.29, 1.82) is 0 Å². The number of carbonyl (C=O) groups excluding carboxylic acids is 2. The van der Waals surface area contributed by atoms with Gasteiger partial charge < -0.3 is 10.2 Å². The number of pyridine rings is 1. The number of likely N-dealkylation sites (tertiary alicyclic amines) is 1. The summed E-state index contributed by atoms with van der Waals surface area (Å²) in [5.74, 6) is 0.0589. The van der Waals surface area contributed by atoms with Crippen LogP contribution in [0, 0.1) is 12.8 Å². The van der Waals surface area contributed by atoms with E-state index in [2.05, 4.69) is 29.4 Å². The third-order valence-electron chi connectivity index (χ3n) is 4.50. The summed E-state index contributed by atoms with van der Waals surface area (Å²) < 4.78 is 0. The predicted molar refractivity (Wildman–Crippen MR) is 98.6 cm³/mol. The second-order valence-corrected chi connectivity index (χ2v) is 7.71.